The van der Waals surface area contributed by atoms with Crippen molar-refractivity contribution < 1.29 is 14.1 Å². The summed E-state index contributed by atoms with van der Waals surface area (Å²) in [6.45, 7) is 8.12. The van der Waals surface area contributed by atoms with Crippen LogP contribution in [0.25, 0.3) is 0 Å². The molecule has 0 atom stereocenters. The van der Waals surface area contributed by atoms with Gasteiger partial charge in [-0.1, -0.05) is 24.3 Å². The number of benzene rings is 1. The summed E-state index contributed by atoms with van der Waals surface area (Å²) < 4.78 is 12.2. The van der Waals surface area contributed by atoms with Gasteiger partial charge >= 0.3 is 7.12 Å². The van der Waals surface area contributed by atoms with Crippen LogP contribution in [0.5, 0.6) is 0 Å². The average molecular weight is 302 g/mol. The Morgan fingerprint density at radius 3 is 2.27 bits per heavy atom. The number of nitrogens with one attached hydrogen (secondary N) is 1. The maximum Gasteiger partial charge on any atom is 0.494 e. The topological polar surface area (TPSA) is 73.6 Å². The van der Waals surface area contributed by atoms with E-state index in [9.17, 15) is 4.79 Å². The maximum absolute atomic E-state index is 12.0. The van der Waals surface area contributed by atoms with Crippen molar-refractivity contribution in [2.45, 2.75) is 57.2 Å². The van der Waals surface area contributed by atoms with Gasteiger partial charge in [0.25, 0.3) is 0 Å². The Labute approximate surface area is 131 Å². The van der Waals surface area contributed by atoms with Gasteiger partial charge in [-0.3, -0.25) is 10.2 Å². The monoisotopic (exact) mass is 302 g/mol. The fourth-order valence-electron chi connectivity index (χ4n) is 2.87. The predicted molar refractivity (Wildman–Crippen MR) is 85.4 cm³/mol. The van der Waals surface area contributed by atoms with Crippen LogP contribution in [0, 0.1) is 0 Å². The molecule has 1 saturated carbocycles. The fraction of sp³-hybridized carbons (Fsp3) is 0.562. The lowest BCUT2D eigenvalue weighted by Gasteiger charge is -2.32. The van der Waals surface area contributed by atoms with Gasteiger partial charge in [0.2, 0.25) is 5.91 Å². The largest absolute Gasteiger partial charge is 0.494 e. The van der Waals surface area contributed by atoms with E-state index in [1.54, 1.807) is 0 Å². The second-order valence-corrected chi connectivity index (χ2v) is 7.27. The van der Waals surface area contributed by atoms with Crippen LogP contribution in [-0.4, -0.2) is 24.2 Å². The molecule has 1 aliphatic carbocycles. The highest BCUT2D eigenvalue weighted by Crippen LogP contribution is 2.48. The minimum atomic E-state index is -0.478. The maximum atomic E-state index is 12.0. The van der Waals surface area contributed by atoms with Gasteiger partial charge in [-0.2, -0.15) is 0 Å². The van der Waals surface area contributed by atoms with Crippen LogP contribution < -0.4 is 16.7 Å². The molecule has 0 bridgehead atoms. The molecule has 2 aliphatic rings. The van der Waals surface area contributed by atoms with E-state index in [1.165, 1.54) is 0 Å². The highest BCUT2D eigenvalue weighted by atomic mass is 16.7. The summed E-state index contributed by atoms with van der Waals surface area (Å²) in [4.78, 5) is 12.0. The average Bonchev–Trinajstić information content (AvgIpc) is 3.23. The van der Waals surface area contributed by atoms with E-state index in [0.29, 0.717) is 0 Å². The minimum absolute atomic E-state index is 0.126. The first-order valence-corrected chi connectivity index (χ1v) is 7.69. The molecular weight excluding hydrogens is 279 g/mol. The lowest BCUT2D eigenvalue weighted by Crippen LogP contribution is -2.41. The highest BCUT2D eigenvalue weighted by Gasteiger charge is 2.53. The van der Waals surface area contributed by atoms with E-state index in [1.807, 2.05) is 52.0 Å². The third-order valence-electron chi connectivity index (χ3n) is 5.28. The molecule has 118 valence electrons. The number of carbonyl (C=O) groups excluding carboxylic acids is 1. The zero-order valence-corrected chi connectivity index (χ0v) is 13.6. The summed E-state index contributed by atoms with van der Waals surface area (Å²) in [5.41, 5.74) is 2.96. The van der Waals surface area contributed by atoms with E-state index >= 15 is 0 Å². The van der Waals surface area contributed by atoms with Gasteiger partial charge in [0.1, 0.15) is 0 Å². The molecule has 3 rings (SSSR count). The lowest BCUT2D eigenvalue weighted by atomic mass is 9.77. The van der Waals surface area contributed by atoms with E-state index in [0.717, 1.165) is 23.9 Å². The molecule has 3 N–H and O–H groups in total. The van der Waals surface area contributed by atoms with Crippen molar-refractivity contribution in [3.05, 3.63) is 29.8 Å². The Balaban J connectivity index is 1.89. The molecule has 0 unspecified atom stereocenters. The van der Waals surface area contributed by atoms with Crippen molar-refractivity contribution in [1.29, 1.82) is 0 Å². The Kier molecular flexibility index (Phi) is 3.40. The van der Waals surface area contributed by atoms with Crippen LogP contribution in [-0.2, 0) is 19.5 Å². The molecule has 1 aliphatic heterocycles. The van der Waals surface area contributed by atoms with Crippen LogP contribution >= 0.6 is 0 Å². The SMILES string of the molecule is CC1(C)OB(c2cccc(C3(C(=O)NN)CC3)c2)OC1(C)C. The van der Waals surface area contributed by atoms with Crippen molar-refractivity contribution >= 4 is 18.5 Å². The quantitative estimate of drug-likeness (QED) is 0.378. The molecular formula is C16H23BN2O3. The van der Waals surface area contributed by atoms with Crippen LogP contribution in [0.3, 0.4) is 0 Å². The van der Waals surface area contributed by atoms with Gasteiger partial charge in [0.15, 0.2) is 0 Å². The van der Waals surface area contributed by atoms with Crippen molar-refractivity contribution in [3.63, 3.8) is 0 Å². The first-order chi connectivity index (χ1) is 10.2. The van der Waals surface area contributed by atoms with Crippen molar-refractivity contribution in [3.8, 4) is 0 Å². The summed E-state index contributed by atoms with van der Waals surface area (Å²) in [5, 5.41) is 0. The standard InChI is InChI=1S/C16H23BN2O3/c1-14(2)15(3,4)22-17(21-14)12-7-5-6-11(10-12)16(8-9-16)13(20)19-18/h5-7,10H,8-9,18H2,1-4H3,(H,19,20). The number of rotatable bonds is 3. The Morgan fingerprint density at radius 2 is 1.77 bits per heavy atom. The third-order valence-corrected chi connectivity index (χ3v) is 5.28. The van der Waals surface area contributed by atoms with Crippen LogP contribution in [0.15, 0.2) is 24.3 Å². The summed E-state index contributed by atoms with van der Waals surface area (Å²) in [5.74, 6) is 5.19. The number of hydrazine groups is 1. The van der Waals surface area contributed by atoms with E-state index in [4.69, 9.17) is 15.2 Å². The molecule has 1 aromatic rings. The normalized spacial score (nSPS) is 24.1. The molecule has 6 heteroatoms. The van der Waals surface area contributed by atoms with E-state index in [2.05, 4.69) is 5.43 Å². The van der Waals surface area contributed by atoms with Gasteiger partial charge < -0.3 is 9.31 Å². The Hall–Kier alpha value is -1.37. The predicted octanol–water partition coefficient (Wildman–Crippen LogP) is 1.01. The van der Waals surface area contributed by atoms with Crippen molar-refractivity contribution in [2.75, 3.05) is 0 Å². The van der Waals surface area contributed by atoms with Gasteiger partial charge in [-0.25, -0.2) is 5.84 Å². The van der Waals surface area contributed by atoms with Crippen molar-refractivity contribution in [1.82, 2.24) is 5.43 Å². The molecule has 1 aromatic carbocycles. The summed E-state index contributed by atoms with van der Waals surface area (Å²) >= 11 is 0. The van der Waals surface area contributed by atoms with Gasteiger partial charge in [-0.15, -0.1) is 0 Å². The summed E-state index contributed by atoms with van der Waals surface area (Å²) in [6, 6.07) is 7.89. The van der Waals surface area contributed by atoms with Crippen LogP contribution in [0.4, 0.5) is 0 Å². The van der Waals surface area contributed by atoms with E-state index in [-0.39, 0.29) is 17.1 Å². The number of carbonyl (C=O) groups is 1. The van der Waals surface area contributed by atoms with Gasteiger partial charge in [0.05, 0.1) is 16.6 Å². The van der Waals surface area contributed by atoms with Crippen LogP contribution in [0.2, 0.25) is 0 Å². The van der Waals surface area contributed by atoms with Crippen molar-refractivity contribution in [2.24, 2.45) is 5.84 Å². The summed E-state index contributed by atoms with van der Waals surface area (Å²) in [6.07, 6.45) is 1.64. The molecule has 22 heavy (non-hydrogen) atoms. The second-order valence-electron chi connectivity index (χ2n) is 7.27. The number of nitrogens with two attached hydrogens (primary N) is 1. The van der Waals surface area contributed by atoms with E-state index < -0.39 is 12.5 Å². The molecule has 0 aromatic heterocycles. The molecule has 0 radical (unpaired) electrons. The molecule has 1 heterocycles. The highest BCUT2D eigenvalue weighted by molar-refractivity contribution is 6.62. The zero-order valence-electron chi connectivity index (χ0n) is 13.6. The Bertz CT molecular complexity index is 595. The first-order valence-electron chi connectivity index (χ1n) is 7.69. The molecule has 2 fully saturated rings. The molecule has 1 amide bonds. The Morgan fingerprint density at radius 1 is 1.18 bits per heavy atom. The molecule has 0 spiro atoms. The number of hydrogen-bond donors (Lipinski definition) is 2. The lowest BCUT2D eigenvalue weighted by molar-refractivity contribution is -0.123. The summed E-state index contributed by atoms with van der Waals surface area (Å²) in [7, 11) is -0.415. The first kappa shape index (κ1) is 15.5. The fourth-order valence-corrected chi connectivity index (χ4v) is 2.87. The zero-order chi connectivity index (χ0) is 16.2. The smallest absolute Gasteiger partial charge is 0.399 e. The molecule has 1 saturated heterocycles. The number of hydrogen-bond acceptors (Lipinski definition) is 4. The molecule has 5 nitrogen and oxygen atoms in total. The third kappa shape index (κ3) is 2.26. The second kappa shape index (κ2) is 4.81. The number of amides is 1. The van der Waals surface area contributed by atoms with Gasteiger partial charge in [-0.05, 0) is 51.6 Å². The van der Waals surface area contributed by atoms with Gasteiger partial charge in [0, 0.05) is 0 Å². The minimum Gasteiger partial charge on any atom is -0.399 e. The van der Waals surface area contributed by atoms with Crippen LogP contribution in [0.1, 0.15) is 46.1 Å².